The van der Waals surface area contributed by atoms with Gasteiger partial charge in [-0.15, -0.1) is 0 Å². The van der Waals surface area contributed by atoms with Crippen LogP contribution in [0.25, 0.3) is 0 Å². The van der Waals surface area contributed by atoms with E-state index in [-0.39, 0.29) is 24.2 Å². The molecule has 0 fully saturated rings. The van der Waals surface area contributed by atoms with Gasteiger partial charge in [-0.05, 0) is 42.0 Å². The molecule has 0 aliphatic carbocycles. The second-order valence-electron chi connectivity index (χ2n) is 8.34. The van der Waals surface area contributed by atoms with Crippen LogP contribution >= 0.6 is 0 Å². The molecule has 1 heterocycles. The van der Waals surface area contributed by atoms with Crippen molar-refractivity contribution in [2.24, 2.45) is 5.16 Å². The molecule has 0 saturated carbocycles. The molecular formula is C26H24F3N3O2. The summed E-state index contributed by atoms with van der Waals surface area (Å²) in [5, 5.41) is 4.18. The van der Waals surface area contributed by atoms with Crippen molar-refractivity contribution >= 4 is 17.3 Å². The van der Waals surface area contributed by atoms with Gasteiger partial charge >= 0.3 is 0 Å². The van der Waals surface area contributed by atoms with Crippen LogP contribution < -0.4 is 4.90 Å². The number of amides is 1. The number of carbonyl (C=O) groups excluding carboxylic acids is 1. The highest BCUT2D eigenvalue weighted by Gasteiger charge is 2.28. The highest BCUT2D eigenvalue weighted by Crippen LogP contribution is 2.22. The van der Waals surface area contributed by atoms with E-state index in [9.17, 15) is 18.0 Å². The van der Waals surface area contributed by atoms with E-state index in [1.54, 1.807) is 0 Å². The van der Waals surface area contributed by atoms with Gasteiger partial charge in [-0.2, -0.15) is 0 Å². The normalized spacial score (nSPS) is 15.0. The third-order valence-electron chi connectivity index (χ3n) is 5.61. The molecule has 8 heteroatoms. The third kappa shape index (κ3) is 5.39. The number of benzene rings is 3. The number of hydrogen-bond donors (Lipinski definition) is 0. The number of oxime groups is 1. The maximum absolute atomic E-state index is 14.3. The van der Waals surface area contributed by atoms with Gasteiger partial charge in [-0.3, -0.25) is 4.79 Å². The fourth-order valence-electron chi connectivity index (χ4n) is 3.77. The maximum atomic E-state index is 14.3. The number of halogens is 3. The molecule has 0 spiro atoms. The van der Waals surface area contributed by atoms with Gasteiger partial charge in [-0.1, -0.05) is 29.4 Å². The Kier molecular flexibility index (Phi) is 6.86. The van der Waals surface area contributed by atoms with Crippen LogP contribution in [-0.2, 0) is 11.4 Å². The summed E-state index contributed by atoms with van der Waals surface area (Å²) in [6.07, 6.45) is -0.0234. The topological polar surface area (TPSA) is 45.1 Å². The largest absolute Gasteiger partial charge is 0.390 e. The molecule has 0 N–H and O–H groups in total. The van der Waals surface area contributed by atoms with Crippen molar-refractivity contribution in [3.63, 3.8) is 0 Å². The summed E-state index contributed by atoms with van der Waals surface area (Å²) < 4.78 is 41.4. The highest BCUT2D eigenvalue weighted by atomic mass is 19.1. The van der Waals surface area contributed by atoms with E-state index in [0.717, 1.165) is 35.2 Å². The van der Waals surface area contributed by atoms with Crippen molar-refractivity contribution in [3.8, 4) is 0 Å². The standard InChI is InChI=1S/C26H24F3N3O2/c1-31(2)22-10-7-17(8-11-22)25-14-23(34-30-25)16-32(15-19-6-9-21(28)13-24(19)29)26(33)18-4-3-5-20(27)12-18/h3-13,23H,14-16H2,1-2H3. The monoisotopic (exact) mass is 467 g/mol. The lowest BCUT2D eigenvalue weighted by Gasteiger charge is -2.25. The molecule has 1 aliphatic heterocycles. The van der Waals surface area contributed by atoms with Gasteiger partial charge in [0.25, 0.3) is 5.91 Å². The van der Waals surface area contributed by atoms with Gasteiger partial charge in [-0.25, -0.2) is 13.2 Å². The van der Waals surface area contributed by atoms with Gasteiger partial charge in [0, 0.05) is 49.9 Å². The van der Waals surface area contributed by atoms with Crippen LogP contribution in [0.3, 0.4) is 0 Å². The van der Waals surface area contributed by atoms with Crippen molar-refractivity contribution in [1.82, 2.24) is 4.90 Å². The van der Waals surface area contributed by atoms with E-state index < -0.39 is 29.5 Å². The average molecular weight is 467 g/mol. The van der Waals surface area contributed by atoms with Crippen molar-refractivity contribution in [2.75, 3.05) is 25.5 Å². The molecule has 0 aromatic heterocycles. The van der Waals surface area contributed by atoms with Crippen LogP contribution in [0.15, 0.2) is 71.9 Å². The molecule has 176 valence electrons. The number of hydrogen-bond acceptors (Lipinski definition) is 4. The number of anilines is 1. The van der Waals surface area contributed by atoms with Crippen LogP contribution in [-0.4, -0.2) is 43.3 Å². The molecule has 34 heavy (non-hydrogen) atoms. The second-order valence-corrected chi connectivity index (χ2v) is 8.34. The van der Waals surface area contributed by atoms with Crippen LogP contribution in [0.5, 0.6) is 0 Å². The van der Waals surface area contributed by atoms with Gasteiger partial charge in [0.1, 0.15) is 17.5 Å². The van der Waals surface area contributed by atoms with E-state index in [2.05, 4.69) is 5.16 Å². The number of rotatable bonds is 7. The van der Waals surface area contributed by atoms with Crippen molar-refractivity contribution in [1.29, 1.82) is 0 Å². The Labute approximate surface area is 196 Å². The van der Waals surface area contributed by atoms with Crippen LogP contribution in [0.1, 0.15) is 27.9 Å². The molecule has 5 nitrogen and oxygen atoms in total. The van der Waals surface area contributed by atoms with Gasteiger partial charge in [0.15, 0.2) is 6.10 Å². The minimum Gasteiger partial charge on any atom is -0.390 e. The molecule has 1 atom stereocenters. The molecule has 0 bridgehead atoms. The van der Waals surface area contributed by atoms with Gasteiger partial charge in [0.05, 0.1) is 12.3 Å². The minimum atomic E-state index is -0.762. The fourth-order valence-corrected chi connectivity index (χ4v) is 3.77. The van der Waals surface area contributed by atoms with Crippen LogP contribution in [0.2, 0.25) is 0 Å². The van der Waals surface area contributed by atoms with E-state index in [0.29, 0.717) is 6.42 Å². The van der Waals surface area contributed by atoms with Crippen molar-refractivity contribution in [2.45, 2.75) is 19.1 Å². The number of nitrogens with zero attached hydrogens (tertiary/aromatic N) is 3. The zero-order chi connectivity index (χ0) is 24.2. The predicted molar refractivity (Wildman–Crippen MR) is 124 cm³/mol. The van der Waals surface area contributed by atoms with Crippen molar-refractivity contribution in [3.05, 3.63) is 101 Å². The maximum Gasteiger partial charge on any atom is 0.254 e. The van der Waals surface area contributed by atoms with E-state index in [4.69, 9.17) is 4.84 Å². The summed E-state index contributed by atoms with van der Waals surface area (Å²) in [4.78, 5) is 22.1. The molecular weight excluding hydrogens is 443 g/mol. The zero-order valence-electron chi connectivity index (χ0n) is 18.8. The summed E-state index contributed by atoms with van der Waals surface area (Å²) in [6, 6.07) is 16.3. The number of carbonyl (C=O) groups is 1. The van der Waals surface area contributed by atoms with Crippen LogP contribution in [0.4, 0.5) is 18.9 Å². The molecule has 1 aliphatic rings. The van der Waals surface area contributed by atoms with Gasteiger partial charge in [0.2, 0.25) is 0 Å². The molecule has 1 unspecified atom stereocenters. The Hall–Kier alpha value is -3.81. The lowest BCUT2D eigenvalue weighted by Crippen LogP contribution is -2.37. The average Bonchev–Trinajstić information content (AvgIpc) is 3.28. The quantitative estimate of drug-likeness (QED) is 0.491. The van der Waals surface area contributed by atoms with E-state index in [1.807, 2.05) is 43.3 Å². The van der Waals surface area contributed by atoms with Crippen molar-refractivity contribution < 1.29 is 22.8 Å². The minimum absolute atomic E-state index is 0.0922. The lowest BCUT2D eigenvalue weighted by molar-refractivity contribution is 0.0402. The fraction of sp³-hybridized carbons (Fsp3) is 0.231. The smallest absolute Gasteiger partial charge is 0.254 e. The summed E-state index contributed by atoms with van der Waals surface area (Å²) in [5.41, 5.74) is 2.96. The Bertz CT molecular complexity index is 1210. The molecule has 4 rings (SSSR count). The first-order valence-corrected chi connectivity index (χ1v) is 10.8. The Morgan fingerprint density at radius 3 is 2.41 bits per heavy atom. The second kappa shape index (κ2) is 9.99. The Morgan fingerprint density at radius 1 is 1.00 bits per heavy atom. The first-order valence-electron chi connectivity index (χ1n) is 10.8. The molecule has 1 amide bonds. The molecule has 3 aromatic carbocycles. The Balaban J connectivity index is 1.52. The molecule has 3 aromatic rings. The van der Waals surface area contributed by atoms with Gasteiger partial charge < -0.3 is 14.6 Å². The summed E-state index contributed by atoms with van der Waals surface area (Å²) in [5.74, 6) is -2.51. The first kappa shape index (κ1) is 23.4. The zero-order valence-corrected chi connectivity index (χ0v) is 18.8. The predicted octanol–water partition coefficient (Wildman–Crippen LogP) is 5.01. The van der Waals surface area contributed by atoms with E-state index in [1.165, 1.54) is 29.2 Å². The van der Waals surface area contributed by atoms with E-state index >= 15 is 0 Å². The van der Waals surface area contributed by atoms with Crippen LogP contribution in [0, 0.1) is 17.5 Å². The SMILES string of the molecule is CN(C)c1ccc(C2=NOC(CN(Cc3ccc(F)cc3F)C(=O)c3cccc(F)c3)C2)cc1. The lowest BCUT2D eigenvalue weighted by atomic mass is 10.0. The summed E-state index contributed by atoms with van der Waals surface area (Å²) in [6.45, 7) is -0.0386. The summed E-state index contributed by atoms with van der Waals surface area (Å²) in [7, 11) is 3.91. The molecule has 0 radical (unpaired) electrons. The third-order valence-corrected chi connectivity index (χ3v) is 5.61. The first-order chi connectivity index (χ1) is 16.3. The highest BCUT2D eigenvalue weighted by molar-refractivity contribution is 6.01. The Morgan fingerprint density at radius 2 is 1.74 bits per heavy atom. The molecule has 0 saturated heterocycles. The summed E-state index contributed by atoms with van der Waals surface area (Å²) >= 11 is 0.